The van der Waals surface area contributed by atoms with Gasteiger partial charge in [0, 0.05) is 0 Å². The Morgan fingerprint density at radius 2 is 1.12 bits per heavy atom. The second kappa shape index (κ2) is 13.6. The van der Waals surface area contributed by atoms with Gasteiger partial charge in [-0.2, -0.15) is 0 Å². The van der Waals surface area contributed by atoms with Crippen molar-refractivity contribution in [2.24, 2.45) is 23.7 Å². The topological polar surface area (TPSA) is 0 Å². The summed E-state index contributed by atoms with van der Waals surface area (Å²) in [7, 11) is 0. The van der Waals surface area contributed by atoms with Gasteiger partial charge in [0.2, 0.25) is 0 Å². The summed E-state index contributed by atoms with van der Waals surface area (Å²) >= 11 is 0. The van der Waals surface area contributed by atoms with Crippen molar-refractivity contribution in [2.75, 3.05) is 0 Å². The van der Waals surface area contributed by atoms with E-state index in [1.54, 1.807) is 0 Å². The molecule has 2 aliphatic carbocycles. The van der Waals surface area contributed by atoms with Gasteiger partial charge in [-0.15, -0.1) is 0 Å². The van der Waals surface area contributed by atoms with Crippen LogP contribution >= 0.6 is 0 Å². The highest BCUT2D eigenvalue weighted by molar-refractivity contribution is 4.93. The van der Waals surface area contributed by atoms with Crippen molar-refractivity contribution in [2.45, 2.75) is 117 Å². The zero-order chi connectivity index (χ0) is 18.5. The van der Waals surface area contributed by atoms with E-state index >= 15 is 0 Å². The molecule has 2 rings (SSSR count). The van der Waals surface area contributed by atoms with Crippen LogP contribution in [-0.2, 0) is 0 Å². The fourth-order valence-corrected chi connectivity index (χ4v) is 5.10. The molecule has 26 heavy (non-hydrogen) atoms. The van der Waals surface area contributed by atoms with E-state index in [-0.39, 0.29) is 0 Å². The van der Waals surface area contributed by atoms with Crippen molar-refractivity contribution in [3.05, 3.63) is 24.3 Å². The van der Waals surface area contributed by atoms with Crippen LogP contribution in [0.3, 0.4) is 0 Å². The minimum atomic E-state index is 0.890. The first-order valence-electron chi connectivity index (χ1n) is 12.1. The Bertz CT molecular complexity index is 375. The second-order valence-corrected chi connectivity index (χ2v) is 9.28. The molecule has 2 aliphatic rings. The molecule has 0 bridgehead atoms. The van der Waals surface area contributed by atoms with Gasteiger partial charge in [0.15, 0.2) is 0 Å². The van der Waals surface area contributed by atoms with Gasteiger partial charge in [-0.25, -0.2) is 0 Å². The number of rotatable bonds is 11. The number of allylic oxidation sites excluding steroid dienone is 4. The molecule has 0 saturated heterocycles. The summed E-state index contributed by atoms with van der Waals surface area (Å²) in [5.74, 6) is 3.84. The van der Waals surface area contributed by atoms with Crippen LogP contribution in [-0.4, -0.2) is 0 Å². The van der Waals surface area contributed by atoms with Crippen molar-refractivity contribution in [1.29, 1.82) is 0 Å². The molecular formula is C26H46. The molecule has 0 aromatic heterocycles. The zero-order valence-electron chi connectivity index (χ0n) is 17.9. The lowest BCUT2D eigenvalue weighted by Gasteiger charge is -2.27. The van der Waals surface area contributed by atoms with E-state index in [0.29, 0.717) is 0 Å². The molecule has 0 N–H and O–H groups in total. The van der Waals surface area contributed by atoms with Gasteiger partial charge >= 0.3 is 0 Å². The predicted octanol–water partition coefficient (Wildman–Crippen LogP) is 8.87. The molecule has 0 heteroatoms. The van der Waals surface area contributed by atoms with E-state index in [2.05, 4.69) is 38.2 Å². The Hall–Kier alpha value is -0.520. The molecule has 0 spiro atoms. The van der Waals surface area contributed by atoms with Gasteiger partial charge in [0.25, 0.3) is 0 Å². The zero-order valence-corrected chi connectivity index (χ0v) is 17.9. The lowest BCUT2D eigenvalue weighted by atomic mass is 9.79. The van der Waals surface area contributed by atoms with Crippen LogP contribution < -0.4 is 0 Å². The summed E-state index contributed by atoms with van der Waals surface area (Å²) in [5.41, 5.74) is 0. The van der Waals surface area contributed by atoms with Crippen molar-refractivity contribution in [1.82, 2.24) is 0 Å². The van der Waals surface area contributed by atoms with Crippen LogP contribution in [0.15, 0.2) is 24.3 Å². The molecule has 2 saturated carbocycles. The average molecular weight is 359 g/mol. The lowest BCUT2D eigenvalue weighted by molar-refractivity contribution is 0.287. The Morgan fingerprint density at radius 1 is 0.577 bits per heavy atom. The number of hydrogen-bond donors (Lipinski definition) is 0. The Kier molecular flexibility index (Phi) is 11.4. The highest BCUT2D eigenvalue weighted by Crippen LogP contribution is 2.34. The SMILES string of the molecule is CCCC=CC1CCC(CC/C=C/C2CCC(CCCCC)CC2)CC1. The number of hydrogen-bond acceptors (Lipinski definition) is 0. The standard InChI is InChI=1S/C26H46/c1-3-5-7-11-23-15-19-25(20-16-23)13-9-10-14-26-21-17-24(18-22-26)12-8-6-4-2/h7,10-11,14,23-26H,3-6,8-9,12-13,15-22H2,1-2H3/b11-7?,14-10+. The first kappa shape index (κ1) is 21.8. The molecule has 0 aromatic rings. The van der Waals surface area contributed by atoms with Crippen LogP contribution in [0.1, 0.15) is 117 Å². The van der Waals surface area contributed by atoms with Crippen molar-refractivity contribution < 1.29 is 0 Å². The predicted molar refractivity (Wildman–Crippen MR) is 117 cm³/mol. The molecule has 0 radical (unpaired) electrons. The maximum atomic E-state index is 2.58. The molecule has 2 fully saturated rings. The first-order valence-corrected chi connectivity index (χ1v) is 12.1. The fraction of sp³-hybridized carbons (Fsp3) is 0.846. The normalized spacial score (nSPS) is 30.4. The average Bonchev–Trinajstić information content (AvgIpc) is 2.68. The molecule has 0 aliphatic heterocycles. The van der Waals surface area contributed by atoms with Crippen LogP contribution in [0.5, 0.6) is 0 Å². The third kappa shape index (κ3) is 8.92. The Morgan fingerprint density at radius 3 is 1.65 bits per heavy atom. The minimum Gasteiger partial charge on any atom is -0.0883 e. The molecule has 0 atom stereocenters. The van der Waals surface area contributed by atoms with E-state index in [9.17, 15) is 0 Å². The Labute approximate surface area is 164 Å². The summed E-state index contributed by atoms with van der Waals surface area (Å²) < 4.78 is 0. The molecule has 0 nitrogen and oxygen atoms in total. The summed E-state index contributed by atoms with van der Waals surface area (Å²) in [5, 5.41) is 0. The quantitative estimate of drug-likeness (QED) is 0.255. The van der Waals surface area contributed by atoms with Gasteiger partial charge < -0.3 is 0 Å². The van der Waals surface area contributed by atoms with Gasteiger partial charge in [0.1, 0.15) is 0 Å². The summed E-state index contributed by atoms with van der Waals surface area (Å²) in [4.78, 5) is 0. The molecule has 0 aromatic carbocycles. The van der Waals surface area contributed by atoms with Crippen molar-refractivity contribution >= 4 is 0 Å². The lowest BCUT2D eigenvalue weighted by Crippen LogP contribution is -2.13. The summed E-state index contributed by atoms with van der Waals surface area (Å²) in [6.45, 7) is 4.59. The molecule has 150 valence electrons. The third-order valence-electron chi connectivity index (χ3n) is 7.01. The van der Waals surface area contributed by atoms with Crippen molar-refractivity contribution in [3.63, 3.8) is 0 Å². The smallest absolute Gasteiger partial charge is 0.0233 e. The van der Waals surface area contributed by atoms with E-state index in [4.69, 9.17) is 0 Å². The van der Waals surface area contributed by atoms with Gasteiger partial charge in [-0.3, -0.25) is 0 Å². The highest BCUT2D eigenvalue weighted by atomic mass is 14.3. The van der Waals surface area contributed by atoms with Gasteiger partial charge in [-0.05, 0) is 94.3 Å². The van der Waals surface area contributed by atoms with E-state index in [1.807, 2.05) is 0 Å². The largest absolute Gasteiger partial charge is 0.0883 e. The Balaban J connectivity index is 1.51. The number of unbranched alkanes of at least 4 members (excludes halogenated alkanes) is 3. The van der Waals surface area contributed by atoms with Gasteiger partial charge in [-0.1, -0.05) is 70.3 Å². The van der Waals surface area contributed by atoms with Crippen LogP contribution in [0.4, 0.5) is 0 Å². The summed E-state index contributed by atoms with van der Waals surface area (Å²) in [6, 6.07) is 0. The van der Waals surface area contributed by atoms with E-state index in [0.717, 1.165) is 23.7 Å². The molecular weight excluding hydrogens is 312 g/mol. The van der Waals surface area contributed by atoms with Crippen LogP contribution in [0, 0.1) is 23.7 Å². The molecule has 0 heterocycles. The monoisotopic (exact) mass is 358 g/mol. The highest BCUT2D eigenvalue weighted by Gasteiger charge is 2.20. The molecule has 0 amide bonds. The van der Waals surface area contributed by atoms with E-state index in [1.165, 1.54) is 103 Å². The second-order valence-electron chi connectivity index (χ2n) is 9.28. The minimum absolute atomic E-state index is 0.890. The van der Waals surface area contributed by atoms with Crippen LogP contribution in [0.2, 0.25) is 0 Å². The van der Waals surface area contributed by atoms with E-state index < -0.39 is 0 Å². The maximum Gasteiger partial charge on any atom is -0.0233 e. The maximum absolute atomic E-state index is 2.58. The van der Waals surface area contributed by atoms with Crippen molar-refractivity contribution in [3.8, 4) is 0 Å². The first-order chi connectivity index (χ1) is 12.8. The summed E-state index contributed by atoms with van der Waals surface area (Å²) in [6.07, 6.45) is 32.9. The third-order valence-corrected chi connectivity index (χ3v) is 7.01. The molecule has 0 unspecified atom stereocenters. The van der Waals surface area contributed by atoms with Crippen LogP contribution in [0.25, 0.3) is 0 Å². The fourth-order valence-electron chi connectivity index (χ4n) is 5.10. The van der Waals surface area contributed by atoms with Gasteiger partial charge in [0.05, 0.1) is 0 Å².